The molecule has 0 fully saturated rings. The molecule has 90 valence electrons. The molecule has 0 unspecified atom stereocenters. The molecule has 0 bridgehead atoms. The first-order valence-corrected chi connectivity index (χ1v) is 8.09. The van der Waals surface area contributed by atoms with Crippen molar-refractivity contribution in [2.24, 2.45) is 5.10 Å². The average molecular weight is 234 g/mol. The molecular formula is C12H27LiN2Si. The van der Waals surface area contributed by atoms with Crippen molar-refractivity contribution < 1.29 is 18.9 Å². The summed E-state index contributed by atoms with van der Waals surface area (Å²) in [5, 5.41) is 9.54. The van der Waals surface area contributed by atoms with Crippen LogP contribution in [0.15, 0.2) is 5.10 Å². The van der Waals surface area contributed by atoms with Crippen molar-refractivity contribution in [2.45, 2.75) is 72.0 Å². The number of hydrogen-bond donors (Lipinski definition) is 0. The summed E-state index contributed by atoms with van der Waals surface area (Å²) in [7, 11) is -1.78. The van der Waals surface area contributed by atoms with Crippen LogP contribution in [0.1, 0.15) is 55.4 Å². The van der Waals surface area contributed by atoms with Crippen LogP contribution >= 0.6 is 0 Å². The molecule has 0 saturated carbocycles. The zero-order chi connectivity index (χ0) is 12.5. The predicted molar refractivity (Wildman–Crippen MR) is 73.2 cm³/mol. The van der Waals surface area contributed by atoms with Gasteiger partial charge in [0.2, 0.25) is 0 Å². The predicted octanol–water partition coefficient (Wildman–Crippen LogP) is 1.94. The number of nitrogens with zero attached hydrogens (tertiary/aromatic N) is 2. The molecule has 0 spiro atoms. The quantitative estimate of drug-likeness (QED) is 0.396. The monoisotopic (exact) mass is 234 g/mol. The van der Waals surface area contributed by atoms with Crippen molar-refractivity contribution in [1.82, 2.24) is 0 Å². The minimum Gasteiger partial charge on any atom is -0.604 e. The molecule has 0 aliphatic carbocycles. The van der Waals surface area contributed by atoms with Crippen LogP contribution in [0.25, 0.3) is 5.09 Å². The molecule has 0 aromatic heterocycles. The van der Waals surface area contributed by atoms with Gasteiger partial charge in [-0.3, -0.25) is 0 Å². The third-order valence-corrected chi connectivity index (χ3v) is 9.71. The third kappa shape index (κ3) is 4.27. The van der Waals surface area contributed by atoms with Crippen LogP contribution in [-0.4, -0.2) is 13.9 Å². The fraction of sp³-hybridized carbons (Fsp3) is 0.917. The number of hydrogen-bond acceptors (Lipinski definition) is 1. The van der Waals surface area contributed by atoms with E-state index >= 15 is 0 Å². The van der Waals surface area contributed by atoms with Gasteiger partial charge in [-0.05, 0) is 27.8 Å². The Morgan fingerprint density at radius 3 is 1.44 bits per heavy atom. The largest absolute Gasteiger partial charge is 1.00 e. The molecule has 0 aromatic rings. The Labute approximate surface area is 115 Å². The molecule has 0 heterocycles. The van der Waals surface area contributed by atoms with E-state index in [1.165, 1.54) is 0 Å². The van der Waals surface area contributed by atoms with Crippen molar-refractivity contribution in [3.05, 3.63) is 5.09 Å². The van der Waals surface area contributed by atoms with Crippen LogP contribution in [0.2, 0.25) is 16.6 Å². The SMILES string of the molecule is CC(C)=N[N-][Si](C)(C(C)(C)C)C(C)(C)C.[Li+]. The summed E-state index contributed by atoms with van der Waals surface area (Å²) < 4.78 is 0. The van der Waals surface area contributed by atoms with E-state index in [9.17, 15) is 0 Å². The summed E-state index contributed by atoms with van der Waals surface area (Å²) >= 11 is 0. The maximum absolute atomic E-state index is 4.72. The Morgan fingerprint density at radius 2 is 1.25 bits per heavy atom. The van der Waals surface area contributed by atoms with Crippen LogP contribution in [0.4, 0.5) is 0 Å². The molecule has 0 atom stereocenters. The van der Waals surface area contributed by atoms with E-state index in [1.54, 1.807) is 0 Å². The Bertz CT molecular complexity index is 231. The van der Waals surface area contributed by atoms with E-state index in [0.717, 1.165) is 5.71 Å². The minimum atomic E-state index is -1.78. The van der Waals surface area contributed by atoms with Gasteiger partial charge >= 0.3 is 18.9 Å². The molecule has 4 heteroatoms. The standard InChI is InChI=1S/C12H27N2Si.Li/c1-10(2)13-14-15(9,11(3,4)5)12(6,7)8;/h1-9H3;/q-1;+1. The van der Waals surface area contributed by atoms with E-state index in [1.807, 2.05) is 13.8 Å². The topological polar surface area (TPSA) is 26.5 Å². The van der Waals surface area contributed by atoms with Gasteiger partial charge in [0, 0.05) is 0 Å². The van der Waals surface area contributed by atoms with E-state index < -0.39 is 8.24 Å². The summed E-state index contributed by atoms with van der Waals surface area (Å²) in [5.41, 5.74) is 1.04. The Balaban J connectivity index is 0. The molecule has 0 saturated heterocycles. The van der Waals surface area contributed by atoms with Crippen LogP contribution in [0, 0.1) is 0 Å². The van der Waals surface area contributed by atoms with Gasteiger partial charge in [-0.1, -0.05) is 58.2 Å². The van der Waals surface area contributed by atoms with Gasteiger partial charge < -0.3 is 10.2 Å². The van der Waals surface area contributed by atoms with Crippen molar-refractivity contribution in [2.75, 3.05) is 0 Å². The Morgan fingerprint density at radius 1 is 0.938 bits per heavy atom. The van der Waals surface area contributed by atoms with Gasteiger partial charge in [0.15, 0.2) is 0 Å². The molecule has 0 radical (unpaired) electrons. The second kappa shape index (κ2) is 5.75. The fourth-order valence-electron chi connectivity index (χ4n) is 1.62. The van der Waals surface area contributed by atoms with Gasteiger partial charge in [-0.2, -0.15) is 0 Å². The normalized spacial score (nSPS) is 12.8. The summed E-state index contributed by atoms with van der Waals surface area (Å²) in [6.07, 6.45) is 0. The van der Waals surface area contributed by atoms with Crippen molar-refractivity contribution in [1.29, 1.82) is 0 Å². The number of rotatable bonds is 2. The molecule has 0 rings (SSSR count). The maximum Gasteiger partial charge on any atom is 1.00 e. The first kappa shape index (κ1) is 18.6. The summed E-state index contributed by atoms with van der Waals surface area (Å²) in [5.74, 6) is 0. The molecule has 0 aliphatic rings. The van der Waals surface area contributed by atoms with Gasteiger partial charge in [-0.25, -0.2) is 0 Å². The molecule has 2 nitrogen and oxygen atoms in total. The molecule has 16 heavy (non-hydrogen) atoms. The smallest absolute Gasteiger partial charge is 0.604 e. The van der Waals surface area contributed by atoms with Crippen LogP contribution in [-0.2, 0) is 0 Å². The van der Waals surface area contributed by atoms with Gasteiger partial charge in [0.25, 0.3) is 0 Å². The summed E-state index contributed by atoms with van der Waals surface area (Å²) in [6.45, 7) is 20.1. The van der Waals surface area contributed by atoms with E-state index in [0.29, 0.717) is 0 Å². The zero-order valence-corrected chi connectivity index (χ0v) is 13.9. The van der Waals surface area contributed by atoms with Crippen molar-refractivity contribution >= 4 is 13.9 Å². The second-order valence-electron chi connectivity index (χ2n) is 6.72. The third-order valence-electron chi connectivity index (χ3n) is 3.37. The first-order chi connectivity index (χ1) is 6.42. The van der Waals surface area contributed by atoms with Gasteiger partial charge in [-0.15, -0.1) is 0 Å². The molecule has 0 amide bonds. The Kier molecular flexibility index (Phi) is 6.70. The van der Waals surface area contributed by atoms with Crippen LogP contribution in [0.5, 0.6) is 0 Å². The zero-order valence-electron chi connectivity index (χ0n) is 12.9. The molecular weight excluding hydrogens is 207 g/mol. The van der Waals surface area contributed by atoms with Crippen molar-refractivity contribution in [3.8, 4) is 0 Å². The van der Waals surface area contributed by atoms with Crippen molar-refractivity contribution in [3.63, 3.8) is 0 Å². The van der Waals surface area contributed by atoms with Crippen LogP contribution in [0.3, 0.4) is 0 Å². The van der Waals surface area contributed by atoms with E-state index in [2.05, 4.69) is 53.2 Å². The fourth-order valence-corrected chi connectivity index (χ4v) is 4.88. The first-order valence-electron chi connectivity index (χ1n) is 5.65. The van der Waals surface area contributed by atoms with E-state index in [4.69, 9.17) is 5.09 Å². The Hall–Kier alpha value is 0.284. The molecule has 0 aliphatic heterocycles. The molecule has 0 aromatic carbocycles. The van der Waals surface area contributed by atoms with Gasteiger partial charge in [0.1, 0.15) is 0 Å². The molecule has 0 N–H and O–H groups in total. The maximum atomic E-state index is 4.72. The van der Waals surface area contributed by atoms with Gasteiger partial charge in [0.05, 0.1) is 0 Å². The second-order valence-corrected chi connectivity index (χ2v) is 12.1. The van der Waals surface area contributed by atoms with Crippen LogP contribution < -0.4 is 18.9 Å². The minimum absolute atomic E-state index is 0. The summed E-state index contributed by atoms with van der Waals surface area (Å²) in [6, 6.07) is 0. The average Bonchev–Trinajstić information content (AvgIpc) is 1.95. The summed E-state index contributed by atoms with van der Waals surface area (Å²) in [4.78, 5) is 0. The van der Waals surface area contributed by atoms with E-state index in [-0.39, 0.29) is 28.9 Å².